The van der Waals surface area contributed by atoms with E-state index in [0.29, 0.717) is 17.5 Å². The molecule has 118 valence electrons. The van der Waals surface area contributed by atoms with Crippen LogP contribution in [-0.2, 0) is 23.0 Å². The predicted molar refractivity (Wildman–Crippen MR) is 86.0 cm³/mol. The van der Waals surface area contributed by atoms with Gasteiger partial charge in [-0.15, -0.1) is 11.6 Å². The Morgan fingerprint density at radius 3 is 2.55 bits per heavy atom. The van der Waals surface area contributed by atoms with E-state index in [1.807, 2.05) is 0 Å². The number of aromatic nitrogens is 2. The van der Waals surface area contributed by atoms with Crippen molar-refractivity contribution < 1.29 is 8.42 Å². The lowest BCUT2D eigenvalue weighted by Gasteiger charge is -2.07. The molecular formula is C14H17ClN4O2S. The van der Waals surface area contributed by atoms with Gasteiger partial charge in [0.15, 0.2) is 0 Å². The number of hydrogen-bond acceptors (Lipinski definition) is 5. The molecule has 0 fully saturated rings. The Kier molecular flexibility index (Phi) is 5.70. The summed E-state index contributed by atoms with van der Waals surface area (Å²) >= 11 is 5.64. The van der Waals surface area contributed by atoms with Crippen LogP contribution in [0.15, 0.2) is 41.4 Å². The van der Waals surface area contributed by atoms with Gasteiger partial charge in [0, 0.05) is 12.1 Å². The van der Waals surface area contributed by atoms with E-state index in [1.54, 1.807) is 24.3 Å². The summed E-state index contributed by atoms with van der Waals surface area (Å²) in [6.07, 6.45) is 3.17. The van der Waals surface area contributed by atoms with Crippen molar-refractivity contribution in [2.75, 3.05) is 11.6 Å². The lowest BCUT2D eigenvalue weighted by atomic mass is 10.1. The van der Waals surface area contributed by atoms with Gasteiger partial charge < -0.3 is 5.73 Å². The molecule has 1 heterocycles. The molecule has 1 aromatic heterocycles. The molecule has 8 heteroatoms. The van der Waals surface area contributed by atoms with Gasteiger partial charge in [0.05, 0.1) is 11.4 Å². The van der Waals surface area contributed by atoms with Crippen molar-refractivity contribution in [3.63, 3.8) is 0 Å². The first kappa shape index (κ1) is 16.7. The number of sulfonamides is 1. The maximum Gasteiger partial charge on any atom is 0.240 e. The molecule has 1 aromatic carbocycles. The summed E-state index contributed by atoms with van der Waals surface area (Å²) in [7, 11) is -3.61. The van der Waals surface area contributed by atoms with E-state index in [2.05, 4.69) is 14.7 Å². The number of nitrogen functional groups attached to an aromatic ring is 1. The number of anilines is 1. The summed E-state index contributed by atoms with van der Waals surface area (Å²) in [4.78, 5) is 8.10. The van der Waals surface area contributed by atoms with Gasteiger partial charge in [-0.25, -0.2) is 23.1 Å². The summed E-state index contributed by atoms with van der Waals surface area (Å²) in [5.41, 5.74) is 6.58. The molecule has 0 aliphatic carbocycles. The molecule has 0 bridgehead atoms. The molecule has 0 aliphatic heterocycles. The lowest BCUT2D eigenvalue weighted by molar-refractivity contribution is 0.579. The van der Waals surface area contributed by atoms with Crippen LogP contribution in [0.3, 0.4) is 0 Å². The highest BCUT2D eigenvalue weighted by Gasteiger charge is 2.14. The number of nitrogens with two attached hydrogens (primary N) is 1. The molecule has 22 heavy (non-hydrogen) atoms. The number of nitrogens with one attached hydrogen (secondary N) is 1. The number of rotatable bonds is 7. The van der Waals surface area contributed by atoms with Crippen molar-refractivity contribution in [2.24, 2.45) is 0 Å². The molecule has 0 spiro atoms. The van der Waals surface area contributed by atoms with E-state index in [-0.39, 0.29) is 11.4 Å². The highest BCUT2D eigenvalue weighted by Crippen LogP contribution is 2.12. The summed E-state index contributed by atoms with van der Waals surface area (Å²) in [6.45, 7) is -0.0125. The molecule has 0 saturated heterocycles. The van der Waals surface area contributed by atoms with E-state index in [4.69, 9.17) is 17.3 Å². The molecule has 0 amide bonds. The van der Waals surface area contributed by atoms with Crippen molar-refractivity contribution in [2.45, 2.75) is 24.3 Å². The Morgan fingerprint density at radius 1 is 1.18 bits per heavy atom. The van der Waals surface area contributed by atoms with Crippen LogP contribution in [0.4, 0.5) is 5.82 Å². The standard InChI is InChI=1S/C14H17ClN4O2S/c15-8-1-2-11-3-5-12(6-4-11)22(20,21)18-10-14-17-9-7-13(16)19-14/h3-7,9,18H,1-2,8,10H2,(H2,16,17,19). The average molecular weight is 341 g/mol. The Balaban J connectivity index is 2.03. The molecule has 2 aromatic rings. The van der Waals surface area contributed by atoms with Gasteiger partial charge >= 0.3 is 0 Å². The van der Waals surface area contributed by atoms with Crippen molar-refractivity contribution in [1.29, 1.82) is 0 Å². The second kappa shape index (κ2) is 7.53. The molecule has 0 saturated carbocycles. The first-order chi connectivity index (χ1) is 10.5. The largest absolute Gasteiger partial charge is 0.384 e. The zero-order valence-corrected chi connectivity index (χ0v) is 13.4. The quantitative estimate of drug-likeness (QED) is 0.748. The molecule has 0 atom stereocenters. The number of aryl methyl sites for hydroxylation is 1. The Hall–Kier alpha value is -1.70. The van der Waals surface area contributed by atoms with Crippen molar-refractivity contribution in [3.8, 4) is 0 Å². The summed E-state index contributed by atoms with van der Waals surface area (Å²) < 4.78 is 26.8. The Bertz CT molecular complexity index is 720. The Labute approximate surface area is 134 Å². The van der Waals surface area contributed by atoms with Crippen LogP contribution < -0.4 is 10.5 Å². The van der Waals surface area contributed by atoms with Crippen LogP contribution >= 0.6 is 11.6 Å². The van der Waals surface area contributed by atoms with E-state index < -0.39 is 10.0 Å². The third kappa shape index (κ3) is 4.66. The SMILES string of the molecule is Nc1ccnc(CNS(=O)(=O)c2ccc(CCCCl)cc2)n1. The zero-order chi connectivity index (χ0) is 16.0. The normalized spacial score (nSPS) is 11.5. The van der Waals surface area contributed by atoms with Crippen molar-refractivity contribution in [3.05, 3.63) is 47.9 Å². The molecular weight excluding hydrogens is 324 g/mol. The fraction of sp³-hybridized carbons (Fsp3) is 0.286. The van der Waals surface area contributed by atoms with Gasteiger partial charge in [-0.2, -0.15) is 0 Å². The molecule has 0 unspecified atom stereocenters. The smallest absolute Gasteiger partial charge is 0.240 e. The van der Waals surface area contributed by atoms with Gasteiger partial charge in [-0.3, -0.25) is 0 Å². The molecule has 0 radical (unpaired) electrons. The van der Waals surface area contributed by atoms with Crippen LogP contribution in [-0.4, -0.2) is 24.3 Å². The maximum atomic E-state index is 12.2. The van der Waals surface area contributed by atoms with Gasteiger partial charge in [0.1, 0.15) is 11.6 Å². The fourth-order valence-electron chi connectivity index (χ4n) is 1.85. The second-order valence-corrected chi connectivity index (χ2v) is 6.80. The minimum atomic E-state index is -3.61. The van der Waals surface area contributed by atoms with Crippen LogP contribution in [0.25, 0.3) is 0 Å². The topological polar surface area (TPSA) is 98.0 Å². The Morgan fingerprint density at radius 2 is 1.91 bits per heavy atom. The van der Waals surface area contributed by atoms with Crippen LogP contribution in [0.2, 0.25) is 0 Å². The third-order valence-corrected chi connectivity index (χ3v) is 4.66. The number of hydrogen-bond donors (Lipinski definition) is 2. The summed E-state index contributed by atoms with van der Waals surface area (Å²) in [5.74, 6) is 1.21. The van der Waals surface area contributed by atoms with Crippen LogP contribution in [0.1, 0.15) is 17.8 Å². The van der Waals surface area contributed by atoms with E-state index in [9.17, 15) is 8.42 Å². The third-order valence-electron chi connectivity index (χ3n) is 2.98. The molecule has 0 aliphatic rings. The number of halogens is 1. The number of alkyl halides is 1. The first-order valence-corrected chi connectivity index (χ1v) is 8.75. The van der Waals surface area contributed by atoms with Gasteiger partial charge in [0.2, 0.25) is 10.0 Å². The van der Waals surface area contributed by atoms with Crippen LogP contribution in [0.5, 0.6) is 0 Å². The zero-order valence-electron chi connectivity index (χ0n) is 11.9. The minimum absolute atomic E-state index is 0.0125. The molecule has 6 nitrogen and oxygen atoms in total. The molecule has 2 rings (SSSR count). The summed E-state index contributed by atoms with van der Waals surface area (Å²) in [6, 6.07) is 8.27. The van der Waals surface area contributed by atoms with E-state index >= 15 is 0 Å². The fourth-order valence-corrected chi connectivity index (χ4v) is 2.96. The van der Waals surface area contributed by atoms with Gasteiger partial charge in [-0.1, -0.05) is 12.1 Å². The van der Waals surface area contributed by atoms with Crippen LogP contribution in [0, 0.1) is 0 Å². The lowest BCUT2D eigenvalue weighted by Crippen LogP contribution is -2.24. The molecule has 3 N–H and O–H groups in total. The predicted octanol–water partition coefficient (Wildman–Crippen LogP) is 1.71. The highest BCUT2D eigenvalue weighted by molar-refractivity contribution is 7.89. The number of benzene rings is 1. The monoisotopic (exact) mass is 340 g/mol. The van der Waals surface area contributed by atoms with E-state index in [0.717, 1.165) is 18.4 Å². The first-order valence-electron chi connectivity index (χ1n) is 6.73. The number of nitrogens with zero attached hydrogens (tertiary/aromatic N) is 2. The average Bonchev–Trinajstić information content (AvgIpc) is 2.52. The highest BCUT2D eigenvalue weighted by atomic mass is 35.5. The maximum absolute atomic E-state index is 12.2. The van der Waals surface area contributed by atoms with E-state index in [1.165, 1.54) is 12.3 Å². The van der Waals surface area contributed by atoms with Crippen molar-refractivity contribution in [1.82, 2.24) is 14.7 Å². The van der Waals surface area contributed by atoms with Gasteiger partial charge in [-0.05, 0) is 36.6 Å². The summed E-state index contributed by atoms with van der Waals surface area (Å²) in [5, 5.41) is 0. The second-order valence-electron chi connectivity index (χ2n) is 4.66. The van der Waals surface area contributed by atoms with Gasteiger partial charge in [0.25, 0.3) is 0 Å². The van der Waals surface area contributed by atoms with Crippen molar-refractivity contribution >= 4 is 27.4 Å². The minimum Gasteiger partial charge on any atom is -0.384 e.